The van der Waals surface area contributed by atoms with Gasteiger partial charge in [-0.1, -0.05) is 65.0 Å². The molecule has 154 valence electrons. The zero-order chi connectivity index (χ0) is 20.5. The molecule has 2 fully saturated rings. The highest BCUT2D eigenvalue weighted by molar-refractivity contribution is 5.88. The van der Waals surface area contributed by atoms with E-state index in [9.17, 15) is 9.59 Å². The lowest BCUT2D eigenvalue weighted by Crippen LogP contribution is -2.52. The molecule has 0 spiro atoms. The highest BCUT2D eigenvalue weighted by Gasteiger charge is 2.51. The average Bonchev–Trinajstić information content (AvgIpc) is 2.86. The number of amides is 2. The topological polar surface area (TPSA) is 49.4 Å². The van der Waals surface area contributed by atoms with Crippen LogP contribution in [-0.4, -0.2) is 35.3 Å². The third-order valence-corrected chi connectivity index (χ3v) is 6.43. The fraction of sp³-hybridized carbons (Fsp3) is 0.667. The van der Waals surface area contributed by atoms with Crippen LogP contribution < -0.4 is 5.32 Å². The molecular formula is C24H36N2O2. The Balaban J connectivity index is 1.63. The number of carbonyl (C=O) groups is 2. The summed E-state index contributed by atoms with van der Waals surface area (Å²) in [5.74, 6) is 0.147. The van der Waals surface area contributed by atoms with E-state index in [1.165, 1.54) is 0 Å². The van der Waals surface area contributed by atoms with Crippen LogP contribution in [-0.2, 0) is 16.0 Å². The molecular weight excluding hydrogens is 348 g/mol. The van der Waals surface area contributed by atoms with E-state index in [0.717, 1.165) is 31.4 Å². The van der Waals surface area contributed by atoms with Crippen LogP contribution in [0.3, 0.4) is 0 Å². The lowest BCUT2D eigenvalue weighted by molar-refractivity contribution is -0.138. The minimum absolute atomic E-state index is 0.0374. The number of nitrogens with zero attached hydrogens (tertiary/aromatic N) is 1. The number of aryl methyl sites for hydroxylation is 1. The maximum absolute atomic E-state index is 13.4. The Morgan fingerprint density at radius 1 is 1.14 bits per heavy atom. The average molecular weight is 385 g/mol. The monoisotopic (exact) mass is 384 g/mol. The minimum Gasteiger partial charge on any atom is -0.344 e. The van der Waals surface area contributed by atoms with Gasteiger partial charge in [-0.3, -0.25) is 9.59 Å². The first-order valence-electron chi connectivity index (χ1n) is 10.7. The number of rotatable bonds is 6. The molecule has 1 heterocycles. The first-order chi connectivity index (χ1) is 13.1. The molecule has 3 atom stereocenters. The molecule has 1 aromatic rings. The van der Waals surface area contributed by atoms with Crippen molar-refractivity contribution in [1.82, 2.24) is 10.2 Å². The van der Waals surface area contributed by atoms with Gasteiger partial charge in [0.2, 0.25) is 11.8 Å². The van der Waals surface area contributed by atoms with Gasteiger partial charge in [0.15, 0.2) is 0 Å². The number of nitrogens with one attached hydrogen (secondary N) is 1. The van der Waals surface area contributed by atoms with Gasteiger partial charge < -0.3 is 10.2 Å². The Bertz CT molecular complexity index is 713. The van der Waals surface area contributed by atoms with Crippen LogP contribution in [0.2, 0.25) is 0 Å². The first-order valence-corrected chi connectivity index (χ1v) is 10.7. The van der Waals surface area contributed by atoms with E-state index >= 15 is 0 Å². The molecule has 2 amide bonds. The molecule has 1 saturated carbocycles. The fourth-order valence-corrected chi connectivity index (χ4v) is 5.56. The molecule has 1 aliphatic carbocycles. The van der Waals surface area contributed by atoms with Gasteiger partial charge in [-0.15, -0.1) is 0 Å². The van der Waals surface area contributed by atoms with Crippen molar-refractivity contribution in [3.05, 3.63) is 35.9 Å². The molecule has 4 heteroatoms. The summed E-state index contributed by atoms with van der Waals surface area (Å²) in [6, 6.07) is 9.89. The summed E-state index contributed by atoms with van der Waals surface area (Å²) in [5.41, 5.74) is 1.63. The zero-order valence-corrected chi connectivity index (χ0v) is 18.1. The van der Waals surface area contributed by atoms with Gasteiger partial charge in [0.1, 0.15) is 6.04 Å². The second-order valence-corrected chi connectivity index (χ2v) is 10.5. The van der Waals surface area contributed by atoms with Gasteiger partial charge in [0, 0.05) is 19.0 Å². The Labute approximate surface area is 170 Å². The van der Waals surface area contributed by atoms with Crippen molar-refractivity contribution in [2.75, 3.05) is 6.54 Å². The summed E-state index contributed by atoms with van der Waals surface area (Å²) in [6.45, 7) is 11.8. The normalized spacial score (nSPS) is 26.9. The summed E-state index contributed by atoms with van der Waals surface area (Å²) in [6.07, 6.45) is 4.42. The van der Waals surface area contributed by atoms with Gasteiger partial charge in [-0.2, -0.15) is 0 Å². The SMILES string of the molecule is CC(C)C(NC(=O)CCc1ccccc1)C(=O)N1CC2(C)CC1CC(C)(C)C2. The van der Waals surface area contributed by atoms with Crippen molar-refractivity contribution in [3.63, 3.8) is 0 Å². The van der Waals surface area contributed by atoms with Crippen molar-refractivity contribution in [2.24, 2.45) is 16.7 Å². The van der Waals surface area contributed by atoms with E-state index in [0.29, 0.717) is 18.9 Å². The van der Waals surface area contributed by atoms with Crippen LogP contribution in [0, 0.1) is 16.7 Å². The van der Waals surface area contributed by atoms with E-state index in [1.54, 1.807) is 0 Å². The van der Waals surface area contributed by atoms with Crippen LogP contribution in [0.15, 0.2) is 30.3 Å². The predicted octanol–water partition coefficient (Wildman–Crippen LogP) is 4.19. The van der Waals surface area contributed by atoms with E-state index in [-0.39, 0.29) is 28.6 Å². The van der Waals surface area contributed by atoms with E-state index in [2.05, 4.69) is 31.0 Å². The number of likely N-dealkylation sites (tertiary alicyclic amines) is 1. The summed E-state index contributed by atoms with van der Waals surface area (Å²) in [7, 11) is 0. The van der Waals surface area contributed by atoms with E-state index in [4.69, 9.17) is 0 Å². The molecule has 1 aliphatic heterocycles. The third kappa shape index (κ3) is 4.76. The number of benzene rings is 1. The fourth-order valence-electron chi connectivity index (χ4n) is 5.56. The lowest BCUT2D eigenvalue weighted by atomic mass is 9.65. The third-order valence-electron chi connectivity index (χ3n) is 6.43. The molecule has 1 saturated heterocycles. The van der Waals surface area contributed by atoms with Crippen molar-refractivity contribution in [1.29, 1.82) is 0 Å². The van der Waals surface area contributed by atoms with Gasteiger partial charge in [0.25, 0.3) is 0 Å². The molecule has 3 unspecified atom stereocenters. The Morgan fingerprint density at radius 2 is 1.82 bits per heavy atom. The molecule has 1 N–H and O–H groups in total. The lowest BCUT2D eigenvalue weighted by Gasteiger charge is -2.39. The van der Waals surface area contributed by atoms with Crippen molar-refractivity contribution in [3.8, 4) is 0 Å². The standard InChI is InChI=1S/C24H36N2O2/c1-17(2)21(25-20(27)12-11-18-9-7-6-8-10-18)22(28)26-16-24(5)14-19(26)13-23(3,4)15-24/h6-10,17,19,21H,11-16H2,1-5H3,(H,25,27). The molecule has 2 aliphatic rings. The van der Waals surface area contributed by atoms with Gasteiger partial charge in [0.05, 0.1) is 0 Å². The molecule has 28 heavy (non-hydrogen) atoms. The predicted molar refractivity (Wildman–Crippen MR) is 113 cm³/mol. The second kappa shape index (κ2) is 7.88. The van der Waals surface area contributed by atoms with Crippen molar-refractivity contribution >= 4 is 11.8 Å². The maximum Gasteiger partial charge on any atom is 0.245 e. The van der Waals surface area contributed by atoms with Crippen molar-refractivity contribution in [2.45, 2.75) is 78.8 Å². The Hall–Kier alpha value is -1.84. The highest BCUT2D eigenvalue weighted by atomic mass is 16.2. The summed E-state index contributed by atoms with van der Waals surface area (Å²) in [5, 5.41) is 3.05. The van der Waals surface area contributed by atoms with E-state index in [1.807, 2.05) is 44.2 Å². The summed E-state index contributed by atoms with van der Waals surface area (Å²) < 4.78 is 0. The van der Waals surface area contributed by atoms with Crippen LogP contribution in [0.5, 0.6) is 0 Å². The molecule has 3 rings (SSSR count). The number of carbonyl (C=O) groups excluding carboxylic acids is 2. The second-order valence-electron chi connectivity index (χ2n) is 10.5. The van der Waals surface area contributed by atoms with Gasteiger partial charge in [-0.25, -0.2) is 0 Å². The minimum atomic E-state index is -0.436. The maximum atomic E-state index is 13.4. The Morgan fingerprint density at radius 3 is 2.46 bits per heavy atom. The number of hydrogen-bond acceptors (Lipinski definition) is 2. The smallest absolute Gasteiger partial charge is 0.245 e. The molecule has 0 aromatic heterocycles. The molecule has 4 nitrogen and oxygen atoms in total. The van der Waals surface area contributed by atoms with E-state index < -0.39 is 6.04 Å². The summed E-state index contributed by atoms with van der Waals surface area (Å²) >= 11 is 0. The van der Waals surface area contributed by atoms with Crippen molar-refractivity contribution < 1.29 is 9.59 Å². The number of fused-ring (bicyclic) bond motifs is 2. The molecule has 0 radical (unpaired) electrons. The van der Waals surface area contributed by atoms with Crippen LogP contribution in [0.1, 0.15) is 65.9 Å². The number of hydrogen-bond donors (Lipinski definition) is 1. The quantitative estimate of drug-likeness (QED) is 0.800. The van der Waals surface area contributed by atoms with Gasteiger partial charge >= 0.3 is 0 Å². The molecule has 2 bridgehead atoms. The Kier molecular flexibility index (Phi) is 5.88. The van der Waals surface area contributed by atoms with Crippen LogP contribution in [0.4, 0.5) is 0 Å². The molecule has 1 aromatic carbocycles. The van der Waals surface area contributed by atoms with Crippen LogP contribution >= 0.6 is 0 Å². The highest BCUT2D eigenvalue weighted by Crippen LogP contribution is 2.52. The summed E-state index contributed by atoms with van der Waals surface area (Å²) in [4.78, 5) is 28.0. The van der Waals surface area contributed by atoms with Crippen LogP contribution in [0.25, 0.3) is 0 Å². The first kappa shape index (κ1) is 20.9. The largest absolute Gasteiger partial charge is 0.344 e. The van der Waals surface area contributed by atoms with Gasteiger partial charge in [-0.05, 0) is 48.0 Å². The zero-order valence-electron chi connectivity index (χ0n) is 18.1.